The molecular weight excluding hydrogens is 340 g/mol. The van der Waals surface area contributed by atoms with Crippen LogP contribution in [0.15, 0.2) is 54.6 Å². The molecule has 0 aliphatic rings. The molecule has 0 fully saturated rings. The number of Topliss-reactive ketones (excluding diaryl/α,β-unsaturated/α-hetero) is 1. The number of rotatable bonds is 11. The Morgan fingerprint density at radius 3 is 2.00 bits per heavy atom. The fourth-order valence-electron chi connectivity index (χ4n) is 3.13. The Hall–Kier alpha value is -1.58. The van der Waals surface area contributed by atoms with E-state index in [4.69, 9.17) is 4.18 Å². The molecule has 0 aliphatic heterocycles. The van der Waals surface area contributed by atoms with E-state index < -0.39 is 10.3 Å². The molecule has 0 heterocycles. The molecule has 26 heavy (non-hydrogen) atoms. The van der Waals surface area contributed by atoms with Gasteiger partial charge in [-0.3, -0.25) is 4.79 Å². The normalized spacial score (nSPS) is 12.1. The van der Waals surface area contributed by atoms with E-state index in [0.717, 1.165) is 29.2 Å². The topological polar surface area (TPSA) is 26.3 Å². The highest BCUT2D eigenvalue weighted by Gasteiger charge is 2.18. The molecule has 2 aromatic rings. The van der Waals surface area contributed by atoms with Crippen molar-refractivity contribution in [2.45, 2.75) is 40.0 Å². The van der Waals surface area contributed by atoms with Crippen molar-refractivity contribution in [3.05, 3.63) is 60.2 Å². The largest absolute Gasteiger partial charge is 0.337 e. The Kier molecular flexibility index (Phi) is 8.40. The Bertz CT molecular complexity index is 652. The van der Waals surface area contributed by atoms with E-state index in [9.17, 15) is 4.79 Å². The van der Waals surface area contributed by atoms with Crippen LogP contribution in [0.3, 0.4) is 0 Å². The Morgan fingerprint density at radius 2 is 1.42 bits per heavy atom. The van der Waals surface area contributed by atoms with E-state index >= 15 is 0 Å². The van der Waals surface area contributed by atoms with Crippen molar-refractivity contribution in [1.82, 2.24) is 0 Å². The van der Waals surface area contributed by atoms with Gasteiger partial charge in [0.25, 0.3) is 0 Å². The molecule has 3 heteroatoms. The maximum Gasteiger partial charge on any atom is 0.137 e. The summed E-state index contributed by atoms with van der Waals surface area (Å²) < 4.78 is 6.17. The van der Waals surface area contributed by atoms with Crippen molar-refractivity contribution < 1.29 is 8.98 Å². The van der Waals surface area contributed by atoms with Crippen LogP contribution in [-0.2, 0) is 15.4 Å². The number of ketones is 1. The minimum atomic E-state index is -0.910. The summed E-state index contributed by atoms with van der Waals surface area (Å²) in [5, 5.41) is 0. The zero-order valence-corrected chi connectivity index (χ0v) is 17.2. The van der Waals surface area contributed by atoms with Crippen molar-refractivity contribution in [2.75, 3.05) is 23.9 Å². The molecule has 0 aliphatic carbocycles. The first-order valence-electron chi connectivity index (χ1n) is 9.69. The summed E-state index contributed by atoms with van der Waals surface area (Å²) in [5.41, 5.74) is 3.48. The first-order valence-corrected chi connectivity index (χ1v) is 11.8. The summed E-state index contributed by atoms with van der Waals surface area (Å²) in [6.45, 7) is 7.36. The van der Waals surface area contributed by atoms with Crippen LogP contribution >= 0.6 is 10.3 Å². The van der Waals surface area contributed by atoms with Gasteiger partial charge in [0, 0.05) is 12.8 Å². The summed E-state index contributed by atoms with van der Waals surface area (Å²) in [6, 6.07) is 18.6. The lowest BCUT2D eigenvalue weighted by Gasteiger charge is -2.36. The molecule has 0 unspecified atom stereocenters. The van der Waals surface area contributed by atoms with Crippen molar-refractivity contribution in [3.63, 3.8) is 0 Å². The highest BCUT2D eigenvalue weighted by Crippen LogP contribution is 2.47. The summed E-state index contributed by atoms with van der Waals surface area (Å²) in [6.07, 6.45) is 1.95. The van der Waals surface area contributed by atoms with Crippen molar-refractivity contribution in [2.24, 2.45) is 0 Å². The van der Waals surface area contributed by atoms with Gasteiger partial charge in [-0.1, -0.05) is 75.4 Å². The van der Waals surface area contributed by atoms with E-state index in [1.54, 1.807) is 0 Å². The Labute approximate surface area is 160 Å². The fourth-order valence-corrected chi connectivity index (χ4v) is 5.33. The molecule has 0 saturated heterocycles. The van der Waals surface area contributed by atoms with Gasteiger partial charge in [-0.25, -0.2) is 0 Å². The summed E-state index contributed by atoms with van der Waals surface area (Å²) in [7, 11) is -0.910. The summed E-state index contributed by atoms with van der Waals surface area (Å²) in [5.74, 6) is 3.64. The van der Waals surface area contributed by atoms with Gasteiger partial charge in [0.1, 0.15) is 5.78 Å². The Morgan fingerprint density at radius 1 is 0.846 bits per heavy atom. The smallest absolute Gasteiger partial charge is 0.137 e. The van der Waals surface area contributed by atoms with E-state index in [-0.39, 0.29) is 0 Å². The highest BCUT2D eigenvalue weighted by atomic mass is 32.3. The third-order valence-electron chi connectivity index (χ3n) is 4.97. The average molecular weight is 373 g/mol. The third-order valence-corrected chi connectivity index (χ3v) is 8.80. The van der Waals surface area contributed by atoms with Crippen LogP contribution in [0, 0.1) is 0 Å². The fraction of sp³-hybridized carbons (Fsp3) is 0.435. The van der Waals surface area contributed by atoms with Gasteiger partial charge in [-0.15, -0.1) is 10.3 Å². The van der Waals surface area contributed by atoms with Gasteiger partial charge >= 0.3 is 0 Å². The molecule has 2 aromatic carbocycles. The zero-order valence-electron chi connectivity index (χ0n) is 16.4. The van der Waals surface area contributed by atoms with Gasteiger partial charge in [-0.05, 0) is 40.4 Å². The maximum atomic E-state index is 12.3. The molecule has 2 rings (SSSR count). The van der Waals surface area contributed by atoms with Gasteiger partial charge in [-0.2, -0.15) is 0 Å². The van der Waals surface area contributed by atoms with Crippen LogP contribution in [0.5, 0.6) is 0 Å². The van der Waals surface area contributed by atoms with Crippen LogP contribution in [0.1, 0.15) is 39.2 Å². The van der Waals surface area contributed by atoms with Crippen LogP contribution < -0.4 is 0 Å². The number of carbonyl (C=O) groups is 1. The van der Waals surface area contributed by atoms with Gasteiger partial charge < -0.3 is 4.18 Å². The summed E-state index contributed by atoms with van der Waals surface area (Å²) >= 11 is 0. The van der Waals surface area contributed by atoms with Crippen LogP contribution in [0.25, 0.3) is 11.1 Å². The van der Waals surface area contributed by atoms with Crippen molar-refractivity contribution in [3.8, 4) is 11.1 Å². The Balaban J connectivity index is 1.78. The minimum absolute atomic E-state index is 0.297. The van der Waals surface area contributed by atoms with E-state index in [2.05, 4.69) is 57.2 Å². The molecule has 0 N–H and O–H groups in total. The SMILES string of the molecule is CCS(CC)(CC)OCCCC(=O)Cc1ccc(-c2ccccc2)cc1. The quantitative estimate of drug-likeness (QED) is 0.449. The molecule has 0 aromatic heterocycles. The van der Waals surface area contributed by atoms with Crippen LogP contribution in [0.2, 0.25) is 0 Å². The first kappa shape index (κ1) is 20.7. The minimum Gasteiger partial charge on any atom is -0.337 e. The number of hydrogen-bond acceptors (Lipinski definition) is 2. The van der Waals surface area contributed by atoms with E-state index in [1.807, 2.05) is 18.2 Å². The second kappa shape index (κ2) is 10.5. The van der Waals surface area contributed by atoms with Crippen LogP contribution in [-0.4, -0.2) is 29.6 Å². The van der Waals surface area contributed by atoms with E-state index in [1.165, 1.54) is 11.1 Å². The lowest BCUT2D eigenvalue weighted by Crippen LogP contribution is -2.14. The standard InChI is InChI=1S/C23H32O2S/c1-4-26(5-2,6-3)25-18-10-13-23(24)19-20-14-16-22(17-15-20)21-11-8-7-9-12-21/h7-9,11-12,14-17H,4-6,10,13,18-19H2,1-3H3. The van der Waals surface area contributed by atoms with Gasteiger partial charge in [0.05, 0.1) is 6.61 Å². The molecule has 0 bridgehead atoms. The molecular formula is C23H32O2S. The number of carbonyl (C=O) groups excluding carboxylic acids is 1. The molecule has 0 amide bonds. The molecule has 0 spiro atoms. The number of hydrogen-bond donors (Lipinski definition) is 0. The molecule has 0 radical (unpaired) electrons. The van der Waals surface area contributed by atoms with Gasteiger partial charge in [0.15, 0.2) is 0 Å². The second-order valence-corrected chi connectivity index (χ2v) is 10.4. The first-order chi connectivity index (χ1) is 12.6. The van der Waals surface area contributed by atoms with Crippen molar-refractivity contribution >= 4 is 16.1 Å². The lowest BCUT2D eigenvalue weighted by molar-refractivity contribution is -0.118. The number of benzene rings is 2. The zero-order chi connectivity index (χ0) is 18.8. The predicted molar refractivity (Wildman–Crippen MR) is 115 cm³/mol. The second-order valence-electron chi connectivity index (χ2n) is 6.54. The molecule has 0 saturated carbocycles. The predicted octanol–water partition coefficient (Wildman–Crippen LogP) is 6.04. The monoisotopic (exact) mass is 372 g/mol. The third kappa shape index (κ3) is 6.00. The lowest BCUT2D eigenvalue weighted by atomic mass is 10.0. The summed E-state index contributed by atoms with van der Waals surface area (Å²) in [4.78, 5) is 12.3. The van der Waals surface area contributed by atoms with E-state index in [0.29, 0.717) is 25.2 Å². The van der Waals surface area contributed by atoms with Crippen molar-refractivity contribution in [1.29, 1.82) is 0 Å². The van der Waals surface area contributed by atoms with Crippen LogP contribution in [0.4, 0.5) is 0 Å². The molecule has 0 atom stereocenters. The van der Waals surface area contributed by atoms with Gasteiger partial charge in [0.2, 0.25) is 0 Å². The maximum absolute atomic E-state index is 12.3. The average Bonchev–Trinajstić information content (AvgIpc) is 2.70. The molecule has 2 nitrogen and oxygen atoms in total. The molecule has 142 valence electrons. The highest BCUT2D eigenvalue weighted by molar-refractivity contribution is 8.29.